The summed E-state index contributed by atoms with van der Waals surface area (Å²) in [6.07, 6.45) is 2.18. The van der Waals surface area contributed by atoms with E-state index in [0.717, 1.165) is 35.7 Å². The average molecular weight is 428 g/mol. The van der Waals surface area contributed by atoms with Gasteiger partial charge in [-0.15, -0.1) is 0 Å². The van der Waals surface area contributed by atoms with Gasteiger partial charge >= 0.3 is 6.03 Å². The van der Waals surface area contributed by atoms with E-state index >= 15 is 0 Å². The van der Waals surface area contributed by atoms with Gasteiger partial charge in [0.15, 0.2) is 0 Å². The van der Waals surface area contributed by atoms with E-state index in [2.05, 4.69) is 31.0 Å². The summed E-state index contributed by atoms with van der Waals surface area (Å²) < 4.78 is 14.5. The minimum absolute atomic E-state index is 0.0223. The average Bonchev–Trinajstić information content (AvgIpc) is 2.80. The monoisotopic (exact) mass is 427 g/mol. The third-order valence-electron chi connectivity index (χ3n) is 6.00. The highest BCUT2D eigenvalue weighted by Gasteiger charge is 2.26. The number of piperazine rings is 1. The largest absolute Gasteiger partial charge is 0.353 e. The molecule has 7 heteroatoms. The first kappa shape index (κ1) is 23.0. The fourth-order valence-corrected chi connectivity index (χ4v) is 3.89. The van der Waals surface area contributed by atoms with E-state index in [4.69, 9.17) is 9.97 Å². The third kappa shape index (κ3) is 5.32. The summed E-state index contributed by atoms with van der Waals surface area (Å²) in [7, 11) is 0. The van der Waals surface area contributed by atoms with Gasteiger partial charge in [0, 0.05) is 56.3 Å². The maximum absolute atomic E-state index is 14.5. The number of hydrogen-bond donors (Lipinski definition) is 1. The molecule has 168 valence electrons. The van der Waals surface area contributed by atoms with Crippen molar-refractivity contribution in [1.29, 1.82) is 0 Å². The van der Waals surface area contributed by atoms with Crippen LogP contribution in [0.25, 0.3) is 0 Å². The van der Waals surface area contributed by atoms with Crippen LogP contribution in [0.15, 0.2) is 24.3 Å². The molecule has 0 radical (unpaired) electrons. The minimum Gasteiger partial charge on any atom is -0.353 e. The number of carbonyl (C=O) groups excluding carboxylic acids is 1. The Morgan fingerprint density at radius 1 is 1.13 bits per heavy atom. The predicted octanol–water partition coefficient (Wildman–Crippen LogP) is 4.13. The number of carbonyl (C=O) groups is 1. The van der Waals surface area contributed by atoms with Gasteiger partial charge in [-0.1, -0.05) is 39.0 Å². The van der Waals surface area contributed by atoms with Crippen LogP contribution >= 0.6 is 0 Å². The van der Waals surface area contributed by atoms with Crippen LogP contribution in [-0.4, -0.2) is 53.6 Å². The van der Waals surface area contributed by atoms with Crippen LogP contribution in [0.1, 0.15) is 62.7 Å². The molecule has 1 saturated heterocycles. The molecule has 1 fully saturated rings. The predicted molar refractivity (Wildman–Crippen MR) is 122 cm³/mol. The van der Waals surface area contributed by atoms with Gasteiger partial charge in [0.25, 0.3) is 0 Å². The second-order valence-electron chi connectivity index (χ2n) is 8.07. The van der Waals surface area contributed by atoms with Gasteiger partial charge in [-0.2, -0.15) is 0 Å². The van der Waals surface area contributed by atoms with E-state index in [1.807, 2.05) is 24.0 Å². The van der Waals surface area contributed by atoms with Gasteiger partial charge in [0.1, 0.15) is 17.5 Å². The Morgan fingerprint density at radius 3 is 2.45 bits per heavy atom. The molecule has 2 heterocycles. The van der Waals surface area contributed by atoms with Crippen LogP contribution in [0.4, 0.5) is 15.0 Å². The fraction of sp³-hybridized carbons (Fsp3) is 0.542. The molecule has 2 amide bonds. The van der Waals surface area contributed by atoms with Crippen LogP contribution in [0.3, 0.4) is 0 Å². The molecule has 0 spiro atoms. The number of benzene rings is 1. The van der Waals surface area contributed by atoms with Gasteiger partial charge in [0.05, 0.1) is 0 Å². The second kappa shape index (κ2) is 10.6. The van der Waals surface area contributed by atoms with Gasteiger partial charge < -0.3 is 15.1 Å². The summed E-state index contributed by atoms with van der Waals surface area (Å²) in [5.74, 6) is 1.78. The number of urea groups is 1. The fourth-order valence-electron chi connectivity index (χ4n) is 3.89. The van der Waals surface area contributed by atoms with E-state index in [0.29, 0.717) is 44.7 Å². The number of anilines is 1. The molecule has 2 aromatic rings. The Morgan fingerprint density at radius 2 is 1.84 bits per heavy atom. The first-order chi connectivity index (χ1) is 15.0. The lowest BCUT2D eigenvalue weighted by Crippen LogP contribution is -2.52. The van der Waals surface area contributed by atoms with Gasteiger partial charge in [0.2, 0.25) is 0 Å². The molecule has 1 aliphatic heterocycles. The molecule has 1 aromatic carbocycles. The molecule has 0 aliphatic carbocycles. The van der Waals surface area contributed by atoms with Crippen molar-refractivity contribution in [3.63, 3.8) is 0 Å². The first-order valence-electron chi connectivity index (χ1n) is 11.4. The zero-order valence-electron chi connectivity index (χ0n) is 19.1. The van der Waals surface area contributed by atoms with Crippen LogP contribution < -0.4 is 10.2 Å². The van der Waals surface area contributed by atoms with Crippen molar-refractivity contribution in [3.8, 4) is 0 Å². The van der Waals surface area contributed by atoms with E-state index in [1.165, 1.54) is 6.07 Å². The van der Waals surface area contributed by atoms with Gasteiger partial charge in [-0.25, -0.2) is 19.2 Å². The quantitative estimate of drug-likeness (QED) is 0.722. The first-order valence-corrected chi connectivity index (χ1v) is 11.4. The maximum atomic E-state index is 14.5. The molecule has 1 aliphatic rings. The number of nitrogens with zero attached hydrogens (tertiary/aromatic N) is 4. The number of hydrogen-bond acceptors (Lipinski definition) is 4. The zero-order chi connectivity index (χ0) is 22.4. The van der Waals surface area contributed by atoms with E-state index < -0.39 is 0 Å². The molecule has 0 bridgehead atoms. The van der Waals surface area contributed by atoms with Crippen molar-refractivity contribution in [3.05, 3.63) is 52.7 Å². The Balaban J connectivity index is 1.96. The van der Waals surface area contributed by atoms with Gasteiger partial charge in [-0.05, 0) is 31.4 Å². The topological polar surface area (TPSA) is 61.4 Å². The standard InChI is InChI=1S/C24H34FN5O/c1-5-17(4)22-27-21(6-2)19(16-18-10-8-9-11-20(18)25)23(28-22)29-12-14-30(15-13-29)24(31)26-7-3/h8-11,17H,5-7,12-16H2,1-4H3,(H,26,31)/t17-/m0/s1. The molecule has 1 aromatic heterocycles. The molecule has 3 rings (SSSR count). The normalized spacial score (nSPS) is 15.1. The van der Waals surface area contributed by atoms with E-state index in [9.17, 15) is 9.18 Å². The smallest absolute Gasteiger partial charge is 0.317 e. The zero-order valence-corrected chi connectivity index (χ0v) is 19.1. The lowest BCUT2D eigenvalue weighted by Gasteiger charge is -2.36. The third-order valence-corrected chi connectivity index (χ3v) is 6.00. The van der Waals surface area contributed by atoms with Crippen LogP contribution in [-0.2, 0) is 12.8 Å². The lowest BCUT2D eigenvalue weighted by atomic mass is 10.00. The van der Waals surface area contributed by atoms with Crippen LogP contribution in [0, 0.1) is 5.82 Å². The number of amides is 2. The SMILES string of the molecule is CCNC(=O)N1CCN(c2nc([C@@H](C)CC)nc(CC)c2Cc2ccccc2F)CC1. The maximum Gasteiger partial charge on any atom is 0.317 e. The highest BCUT2D eigenvalue weighted by Crippen LogP contribution is 2.29. The van der Waals surface area contributed by atoms with Crippen LogP contribution in [0.2, 0.25) is 0 Å². The highest BCUT2D eigenvalue weighted by molar-refractivity contribution is 5.74. The Kier molecular flexibility index (Phi) is 7.82. The molecule has 0 unspecified atom stereocenters. The lowest BCUT2D eigenvalue weighted by molar-refractivity contribution is 0.195. The Hall–Kier alpha value is -2.70. The summed E-state index contributed by atoms with van der Waals surface area (Å²) in [5.41, 5.74) is 2.63. The van der Waals surface area contributed by atoms with Crippen molar-refractivity contribution in [1.82, 2.24) is 20.2 Å². The molecule has 1 atom stereocenters. The summed E-state index contributed by atoms with van der Waals surface area (Å²) in [4.78, 5) is 26.1. The number of aromatic nitrogens is 2. The summed E-state index contributed by atoms with van der Waals surface area (Å²) in [6.45, 7) is 11.6. The summed E-state index contributed by atoms with van der Waals surface area (Å²) in [6, 6.07) is 6.88. The van der Waals surface area contributed by atoms with Gasteiger partial charge in [-0.3, -0.25) is 0 Å². The molecule has 0 saturated carbocycles. The van der Waals surface area contributed by atoms with Crippen LogP contribution in [0.5, 0.6) is 0 Å². The number of rotatable bonds is 7. The number of nitrogens with one attached hydrogen (secondary N) is 1. The van der Waals surface area contributed by atoms with Crippen molar-refractivity contribution >= 4 is 11.8 Å². The Bertz CT molecular complexity index is 896. The molecule has 1 N–H and O–H groups in total. The number of halogens is 1. The van der Waals surface area contributed by atoms with Crippen molar-refractivity contribution in [2.24, 2.45) is 0 Å². The van der Waals surface area contributed by atoms with Crippen molar-refractivity contribution in [2.45, 2.75) is 52.9 Å². The number of aryl methyl sites for hydroxylation is 1. The highest BCUT2D eigenvalue weighted by atomic mass is 19.1. The van der Waals surface area contributed by atoms with E-state index in [1.54, 1.807) is 6.07 Å². The molecular formula is C24H34FN5O. The minimum atomic E-state index is -0.206. The van der Waals surface area contributed by atoms with E-state index in [-0.39, 0.29) is 17.8 Å². The molecule has 6 nitrogen and oxygen atoms in total. The second-order valence-corrected chi connectivity index (χ2v) is 8.07. The Labute approximate surface area is 184 Å². The molecular weight excluding hydrogens is 393 g/mol. The molecule has 31 heavy (non-hydrogen) atoms. The summed E-state index contributed by atoms with van der Waals surface area (Å²) in [5, 5.41) is 2.87. The summed E-state index contributed by atoms with van der Waals surface area (Å²) >= 11 is 0. The van der Waals surface area contributed by atoms with Crippen molar-refractivity contribution < 1.29 is 9.18 Å². The van der Waals surface area contributed by atoms with Crippen molar-refractivity contribution in [2.75, 3.05) is 37.6 Å².